The number of allylic oxidation sites excluding steroid dienone is 2. The van der Waals surface area contributed by atoms with Crippen LogP contribution in [0.4, 0.5) is 0 Å². The fraction of sp³-hybridized carbons (Fsp3) is 0.143. The van der Waals surface area contributed by atoms with Crippen molar-refractivity contribution in [3.8, 4) is 11.8 Å². The lowest BCUT2D eigenvalue weighted by atomic mass is 10.0. The number of rotatable bonds is 7. The van der Waals surface area contributed by atoms with Gasteiger partial charge in [0.1, 0.15) is 26.7 Å². The first-order valence-electron chi connectivity index (χ1n) is 11.6. The van der Waals surface area contributed by atoms with E-state index in [1.54, 1.807) is 38.1 Å². The Labute approximate surface area is 232 Å². The van der Waals surface area contributed by atoms with Gasteiger partial charge in [-0.3, -0.25) is 4.28 Å². The number of hydrogen-bond acceptors (Lipinski definition) is 9. The van der Waals surface area contributed by atoms with Gasteiger partial charge in [0.15, 0.2) is 0 Å². The molecule has 0 spiro atoms. The maximum atomic E-state index is 12.9. The quantitative estimate of drug-likeness (QED) is 0.191. The van der Waals surface area contributed by atoms with E-state index >= 15 is 0 Å². The fourth-order valence-electron chi connectivity index (χ4n) is 4.13. The standard InChI is InChI=1S/C28H24N2O6S3/c1-18-15-20(3)28(21(4)16-18)39(33,34)35-22-9-11-23(12-10-22)38(31,32)36-30-27-14-13-26(37-27)25(17-29)24-8-6-5-7-19(24)2/h5-16H,1-4H3/b26-25+,30-27?. The first kappa shape index (κ1) is 28.2. The summed E-state index contributed by atoms with van der Waals surface area (Å²) in [6.07, 6.45) is 3.23. The maximum absolute atomic E-state index is 12.9. The Hall–Kier alpha value is -3.85. The molecule has 200 valence electrons. The molecule has 3 aromatic rings. The van der Waals surface area contributed by atoms with Crippen LogP contribution < -0.4 is 4.18 Å². The SMILES string of the molecule is Cc1cc(C)c(S(=O)(=O)Oc2ccc(S(=O)(=O)ON=C3C=C/C(=C(/C#N)c4ccccc4C)S3)cc2)c(C)c1. The Bertz CT molecular complexity index is 1780. The van der Waals surface area contributed by atoms with Crippen molar-refractivity contribution >= 4 is 42.6 Å². The van der Waals surface area contributed by atoms with Crippen molar-refractivity contribution < 1.29 is 25.3 Å². The van der Waals surface area contributed by atoms with E-state index < -0.39 is 20.2 Å². The van der Waals surface area contributed by atoms with Gasteiger partial charge < -0.3 is 4.18 Å². The molecule has 0 aliphatic carbocycles. The molecular weight excluding hydrogens is 557 g/mol. The van der Waals surface area contributed by atoms with Gasteiger partial charge in [0.25, 0.3) is 0 Å². The molecule has 1 heterocycles. The van der Waals surface area contributed by atoms with Gasteiger partial charge >= 0.3 is 20.2 Å². The summed E-state index contributed by atoms with van der Waals surface area (Å²) in [4.78, 5) is 0.453. The normalized spacial score (nSPS) is 15.7. The summed E-state index contributed by atoms with van der Waals surface area (Å²) >= 11 is 1.11. The van der Waals surface area contributed by atoms with Crippen LogP contribution in [-0.4, -0.2) is 21.9 Å². The molecule has 0 atom stereocenters. The smallest absolute Gasteiger partial charge is 0.358 e. The van der Waals surface area contributed by atoms with E-state index in [9.17, 15) is 22.1 Å². The molecule has 1 aliphatic heterocycles. The molecule has 0 unspecified atom stereocenters. The van der Waals surface area contributed by atoms with Gasteiger partial charge in [0, 0.05) is 4.91 Å². The van der Waals surface area contributed by atoms with Crippen molar-refractivity contribution in [1.82, 2.24) is 0 Å². The van der Waals surface area contributed by atoms with Gasteiger partial charge in [-0.1, -0.05) is 58.9 Å². The highest BCUT2D eigenvalue weighted by Gasteiger charge is 2.24. The lowest BCUT2D eigenvalue weighted by molar-refractivity contribution is 0.340. The number of thioether (sulfide) groups is 1. The van der Waals surface area contributed by atoms with Crippen LogP contribution in [0.3, 0.4) is 0 Å². The highest BCUT2D eigenvalue weighted by atomic mass is 32.2. The van der Waals surface area contributed by atoms with Gasteiger partial charge in [0.05, 0.1) is 5.57 Å². The summed E-state index contributed by atoms with van der Waals surface area (Å²) in [6, 6.07) is 18.0. The molecular formula is C28H24N2O6S3. The third-order valence-electron chi connectivity index (χ3n) is 5.76. The van der Waals surface area contributed by atoms with Crippen molar-refractivity contribution in [1.29, 1.82) is 5.26 Å². The highest BCUT2D eigenvalue weighted by Crippen LogP contribution is 2.35. The van der Waals surface area contributed by atoms with Crippen molar-refractivity contribution in [3.63, 3.8) is 0 Å². The molecule has 0 amide bonds. The van der Waals surface area contributed by atoms with Gasteiger partial charge in [-0.15, -0.1) is 0 Å². The van der Waals surface area contributed by atoms with Crippen LogP contribution >= 0.6 is 11.8 Å². The van der Waals surface area contributed by atoms with Crippen LogP contribution in [0.25, 0.3) is 5.57 Å². The molecule has 0 radical (unpaired) electrons. The minimum atomic E-state index is -4.30. The number of oxime groups is 1. The van der Waals surface area contributed by atoms with Crippen LogP contribution in [0.2, 0.25) is 0 Å². The summed E-state index contributed by atoms with van der Waals surface area (Å²) in [5.74, 6) is -0.0519. The third kappa shape index (κ3) is 6.25. The summed E-state index contributed by atoms with van der Waals surface area (Å²) in [5, 5.41) is 13.7. The molecule has 0 N–H and O–H groups in total. The van der Waals surface area contributed by atoms with Crippen molar-refractivity contribution in [2.24, 2.45) is 5.16 Å². The van der Waals surface area contributed by atoms with Crippen molar-refractivity contribution in [2.75, 3.05) is 0 Å². The molecule has 39 heavy (non-hydrogen) atoms. The Balaban J connectivity index is 1.48. The zero-order chi connectivity index (χ0) is 28.4. The molecule has 0 saturated heterocycles. The molecule has 3 aromatic carbocycles. The van der Waals surface area contributed by atoms with E-state index in [1.165, 1.54) is 24.3 Å². The molecule has 1 aliphatic rings. The Kier molecular flexibility index (Phi) is 8.02. The van der Waals surface area contributed by atoms with Gasteiger partial charge in [-0.2, -0.15) is 22.1 Å². The summed E-state index contributed by atoms with van der Waals surface area (Å²) in [5.41, 5.74) is 4.19. The van der Waals surface area contributed by atoms with Crippen LogP contribution in [-0.2, 0) is 24.5 Å². The Morgan fingerprint density at radius 1 is 0.846 bits per heavy atom. The molecule has 0 aromatic heterocycles. The summed E-state index contributed by atoms with van der Waals surface area (Å²) < 4.78 is 61.2. The molecule has 0 saturated carbocycles. The highest BCUT2D eigenvalue weighted by molar-refractivity contribution is 8.18. The lowest BCUT2D eigenvalue weighted by Crippen LogP contribution is -2.13. The predicted octanol–water partition coefficient (Wildman–Crippen LogP) is 5.94. The molecule has 8 nitrogen and oxygen atoms in total. The molecule has 11 heteroatoms. The minimum Gasteiger partial charge on any atom is -0.379 e. The van der Waals surface area contributed by atoms with Gasteiger partial charge in [0.2, 0.25) is 0 Å². The van der Waals surface area contributed by atoms with Crippen LogP contribution in [0.1, 0.15) is 27.8 Å². The second-order valence-corrected chi connectivity index (χ2v) is 12.9. The fourth-order valence-corrected chi connectivity index (χ4v) is 7.10. The average molecular weight is 581 g/mol. The first-order valence-corrected chi connectivity index (χ1v) is 15.2. The zero-order valence-corrected chi connectivity index (χ0v) is 23.9. The van der Waals surface area contributed by atoms with E-state index in [0.29, 0.717) is 21.6 Å². The summed E-state index contributed by atoms with van der Waals surface area (Å²) in [7, 11) is -8.44. The van der Waals surface area contributed by atoms with Crippen LogP contribution in [0, 0.1) is 39.0 Å². The van der Waals surface area contributed by atoms with Crippen molar-refractivity contribution in [2.45, 2.75) is 37.5 Å². The molecule has 4 rings (SSSR count). The number of hydrogen-bond donors (Lipinski definition) is 0. The van der Waals surface area contributed by atoms with Crippen molar-refractivity contribution in [3.05, 3.63) is 106 Å². The van der Waals surface area contributed by atoms with Crippen LogP contribution in [0.15, 0.2) is 92.7 Å². The zero-order valence-electron chi connectivity index (χ0n) is 21.5. The van der Waals surface area contributed by atoms with E-state index in [2.05, 4.69) is 11.2 Å². The molecule has 0 fully saturated rings. The topological polar surface area (TPSA) is 123 Å². The van der Waals surface area contributed by atoms with Crippen LogP contribution in [0.5, 0.6) is 5.75 Å². The number of aryl methyl sites for hydroxylation is 4. The monoisotopic (exact) mass is 580 g/mol. The van der Waals surface area contributed by atoms with E-state index in [4.69, 9.17) is 8.47 Å². The first-order chi connectivity index (χ1) is 18.4. The largest absolute Gasteiger partial charge is 0.379 e. The number of nitriles is 1. The van der Waals surface area contributed by atoms with Gasteiger partial charge in [-0.05, 0) is 86.4 Å². The molecule has 0 bridgehead atoms. The average Bonchev–Trinajstić information content (AvgIpc) is 3.32. The second kappa shape index (κ2) is 11.1. The number of nitrogens with zero attached hydrogens (tertiary/aromatic N) is 2. The summed E-state index contributed by atoms with van der Waals surface area (Å²) in [6.45, 7) is 7.14. The third-order valence-corrected chi connectivity index (χ3v) is 9.42. The maximum Gasteiger partial charge on any atom is 0.358 e. The van der Waals surface area contributed by atoms with E-state index in [-0.39, 0.29) is 20.6 Å². The Morgan fingerprint density at radius 3 is 2.10 bits per heavy atom. The van der Waals surface area contributed by atoms with E-state index in [0.717, 1.165) is 28.5 Å². The lowest BCUT2D eigenvalue weighted by Gasteiger charge is -2.13. The predicted molar refractivity (Wildman–Crippen MR) is 151 cm³/mol. The Morgan fingerprint density at radius 2 is 1.49 bits per heavy atom. The second-order valence-electron chi connectivity index (χ2n) is 8.80. The van der Waals surface area contributed by atoms with E-state index in [1.807, 2.05) is 38.1 Å². The minimum absolute atomic E-state index is 0.0519. The number of benzene rings is 3. The van der Waals surface area contributed by atoms with Gasteiger partial charge in [-0.25, -0.2) is 0 Å².